The van der Waals surface area contributed by atoms with Crippen LogP contribution in [0.5, 0.6) is 0 Å². The van der Waals surface area contributed by atoms with Crippen LogP contribution in [0.15, 0.2) is 0 Å². The van der Waals surface area contributed by atoms with E-state index in [0.29, 0.717) is 0 Å². The molecule has 0 rings (SSSR count). The van der Waals surface area contributed by atoms with Crippen molar-refractivity contribution in [3.63, 3.8) is 0 Å². The van der Waals surface area contributed by atoms with Crippen molar-refractivity contribution in [2.45, 2.75) is 26.4 Å². The summed E-state index contributed by atoms with van der Waals surface area (Å²) in [6.45, 7) is 3.41. The Kier molecular flexibility index (Phi) is 3.46. The first-order chi connectivity index (χ1) is 4.52. The van der Waals surface area contributed by atoms with Crippen molar-refractivity contribution >= 4 is 11.9 Å². The second kappa shape index (κ2) is 3.87. The van der Waals surface area contributed by atoms with E-state index in [0.717, 1.165) is 0 Å². The summed E-state index contributed by atoms with van der Waals surface area (Å²) in [7, 11) is 0. The molecule has 10 heavy (non-hydrogen) atoms. The Morgan fingerprint density at radius 3 is 2.30 bits per heavy atom. The van der Waals surface area contributed by atoms with Gasteiger partial charge in [0.25, 0.3) is 0 Å². The minimum Gasteiger partial charge on any atom is -0.463 e. The van der Waals surface area contributed by atoms with Gasteiger partial charge in [0.2, 0.25) is 5.91 Å². The monoisotopic (exact) mass is 145 g/mol. The predicted octanol–water partition coefficient (Wildman–Crippen LogP) is -0.187. The summed E-state index contributed by atoms with van der Waals surface area (Å²) in [5, 5.41) is 0. The van der Waals surface area contributed by atoms with Gasteiger partial charge in [-0.3, -0.25) is 9.59 Å². The van der Waals surface area contributed by atoms with Gasteiger partial charge in [0.05, 0.1) is 6.10 Å². The van der Waals surface area contributed by atoms with E-state index in [2.05, 4.69) is 4.74 Å². The summed E-state index contributed by atoms with van der Waals surface area (Å²) in [4.78, 5) is 20.7. The molecule has 0 atom stereocenters. The number of rotatable bonds is 3. The van der Waals surface area contributed by atoms with Crippen molar-refractivity contribution in [2.75, 3.05) is 0 Å². The number of esters is 1. The molecule has 0 heterocycles. The first kappa shape index (κ1) is 8.94. The maximum atomic E-state index is 10.5. The van der Waals surface area contributed by atoms with Crippen LogP contribution < -0.4 is 5.73 Å². The van der Waals surface area contributed by atoms with Crippen molar-refractivity contribution in [2.24, 2.45) is 5.73 Å². The smallest absolute Gasteiger partial charge is 0.315 e. The fourth-order valence-electron chi connectivity index (χ4n) is 0.447. The zero-order valence-electron chi connectivity index (χ0n) is 6.09. The predicted molar refractivity (Wildman–Crippen MR) is 35.0 cm³/mol. The summed E-state index contributed by atoms with van der Waals surface area (Å²) in [6, 6.07) is 0. The number of hydrogen-bond acceptors (Lipinski definition) is 3. The quantitative estimate of drug-likeness (QED) is 0.442. The molecule has 1 amide bonds. The summed E-state index contributed by atoms with van der Waals surface area (Å²) >= 11 is 0. The Labute approximate surface area is 59.3 Å². The molecular formula is C6H11NO3. The molecule has 4 heteroatoms. The Bertz CT molecular complexity index is 142. The molecule has 0 aromatic heterocycles. The fraction of sp³-hybridized carbons (Fsp3) is 0.667. The number of carbonyl (C=O) groups excluding carboxylic acids is 2. The molecule has 0 fully saturated rings. The number of nitrogens with two attached hydrogens (primary N) is 1. The van der Waals surface area contributed by atoms with E-state index in [9.17, 15) is 9.59 Å². The van der Waals surface area contributed by atoms with E-state index in [-0.39, 0.29) is 12.5 Å². The molecule has 0 saturated heterocycles. The topological polar surface area (TPSA) is 69.4 Å². The maximum absolute atomic E-state index is 10.5. The molecule has 0 spiro atoms. The van der Waals surface area contributed by atoms with Crippen LogP contribution >= 0.6 is 0 Å². The van der Waals surface area contributed by atoms with Crippen LogP contribution in [0.25, 0.3) is 0 Å². The van der Waals surface area contributed by atoms with Gasteiger partial charge in [-0.05, 0) is 13.8 Å². The SMILES string of the molecule is CC(C)OC(=O)CC(N)=O. The van der Waals surface area contributed by atoms with Crippen molar-refractivity contribution in [1.82, 2.24) is 0 Å². The maximum Gasteiger partial charge on any atom is 0.315 e. The summed E-state index contributed by atoms with van der Waals surface area (Å²) < 4.78 is 4.62. The molecule has 4 nitrogen and oxygen atoms in total. The van der Waals surface area contributed by atoms with E-state index < -0.39 is 11.9 Å². The van der Waals surface area contributed by atoms with E-state index >= 15 is 0 Å². The first-order valence-corrected chi connectivity index (χ1v) is 3.00. The van der Waals surface area contributed by atoms with Crippen molar-refractivity contribution in [3.8, 4) is 0 Å². The lowest BCUT2D eigenvalue weighted by Crippen LogP contribution is -2.20. The zero-order valence-corrected chi connectivity index (χ0v) is 6.09. The summed E-state index contributed by atoms with van der Waals surface area (Å²) in [5.41, 5.74) is 4.73. The highest BCUT2D eigenvalue weighted by Crippen LogP contribution is 1.91. The molecule has 0 aliphatic rings. The second-order valence-corrected chi connectivity index (χ2v) is 2.18. The van der Waals surface area contributed by atoms with E-state index in [1.54, 1.807) is 13.8 Å². The van der Waals surface area contributed by atoms with Gasteiger partial charge in [-0.1, -0.05) is 0 Å². The summed E-state index contributed by atoms with van der Waals surface area (Å²) in [6.07, 6.45) is -0.523. The standard InChI is InChI=1S/C6H11NO3/c1-4(2)10-6(9)3-5(7)8/h4H,3H2,1-2H3,(H2,7,8). The highest BCUT2D eigenvalue weighted by Gasteiger charge is 2.07. The van der Waals surface area contributed by atoms with Crippen molar-refractivity contribution in [3.05, 3.63) is 0 Å². The van der Waals surface area contributed by atoms with Crippen LogP contribution in [-0.4, -0.2) is 18.0 Å². The van der Waals surface area contributed by atoms with Gasteiger partial charge >= 0.3 is 5.97 Å². The summed E-state index contributed by atoms with van der Waals surface area (Å²) in [5.74, 6) is -1.23. The number of carbonyl (C=O) groups is 2. The molecule has 0 bridgehead atoms. The van der Waals surface area contributed by atoms with Crippen LogP contribution in [0.4, 0.5) is 0 Å². The molecule has 0 unspecified atom stereocenters. The normalized spacial score (nSPS) is 9.50. The molecular weight excluding hydrogens is 134 g/mol. The van der Waals surface area contributed by atoms with Gasteiger partial charge in [0, 0.05) is 0 Å². The highest BCUT2D eigenvalue weighted by atomic mass is 16.5. The molecule has 58 valence electrons. The van der Waals surface area contributed by atoms with Gasteiger partial charge in [-0.15, -0.1) is 0 Å². The third kappa shape index (κ3) is 5.08. The van der Waals surface area contributed by atoms with Crippen LogP contribution in [0.1, 0.15) is 20.3 Å². The molecule has 0 aliphatic heterocycles. The minimum atomic E-state index is -0.661. The zero-order chi connectivity index (χ0) is 8.15. The molecule has 0 aliphatic carbocycles. The van der Waals surface area contributed by atoms with Crippen molar-refractivity contribution in [1.29, 1.82) is 0 Å². The number of hydrogen-bond donors (Lipinski definition) is 1. The van der Waals surface area contributed by atoms with Gasteiger partial charge in [-0.25, -0.2) is 0 Å². The van der Waals surface area contributed by atoms with Gasteiger partial charge in [-0.2, -0.15) is 0 Å². The number of ether oxygens (including phenoxy) is 1. The van der Waals surface area contributed by atoms with Crippen LogP contribution in [0.3, 0.4) is 0 Å². The Morgan fingerprint density at radius 1 is 1.50 bits per heavy atom. The van der Waals surface area contributed by atoms with Crippen LogP contribution in [-0.2, 0) is 14.3 Å². The Morgan fingerprint density at radius 2 is 2.00 bits per heavy atom. The van der Waals surface area contributed by atoms with Gasteiger partial charge in [0.1, 0.15) is 6.42 Å². The number of amides is 1. The minimum absolute atomic E-state index is 0.188. The van der Waals surface area contributed by atoms with E-state index in [4.69, 9.17) is 5.73 Å². The van der Waals surface area contributed by atoms with E-state index in [1.165, 1.54) is 0 Å². The van der Waals surface area contributed by atoms with Crippen LogP contribution in [0, 0.1) is 0 Å². The van der Waals surface area contributed by atoms with Gasteiger partial charge in [0.15, 0.2) is 0 Å². The Hall–Kier alpha value is -1.06. The largest absolute Gasteiger partial charge is 0.463 e. The lowest BCUT2D eigenvalue weighted by atomic mass is 10.4. The second-order valence-electron chi connectivity index (χ2n) is 2.18. The highest BCUT2D eigenvalue weighted by molar-refractivity contribution is 5.93. The number of primary amides is 1. The van der Waals surface area contributed by atoms with Crippen LogP contribution in [0.2, 0.25) is 0 Å². The molecule has 0 saturated carbocycles. The average Bonchev–Trinajstić information content (AvgIpc) is 1.58. The van der Waals surface area contributed by atoms with Crippen molar-refractivity contribution < 1.29 is 14.3 Å². The lowest BCUT2D eigenvalue weighted by molar-refractivity contribution is -0.149. The average molecular weight is 145 g/mol. The lowest BCUT2D eigenvalue weighted by Gasteiger charge is -2.05. The third-order valence-corrected chi connectivity index (χ3v) is 0.686. The third-order valence-electron chi connectivity index (χ3n) is 0.686. The van der Waals surface area contributed by atoms with E-state index in [1.807, 2.05) is 0 Å². The van der Waals surface area contributed by atoms with Gasteiger partial charge < -0.3 is 10.5 Å². The fourth-order valence-corrected chi connectivity index (χ4v) is 0.447. The molecule has 0 radical (unpaired) electrons. The molecule has 2 N–H and O–H groups in total. The molecule has 0 aromatic rings. The molecule has 0 aromatic carbocycles. The first-order valence-electron chi connectivity index (χ1n) is 3.00. The Balaban J connectivity index is 3.54.